The van der Waals surface area contributed by atoms with Gasteiger partial charge < -0.3 is 16.0 Å². The summed E-state index contributed by atoms with van der Waals surface area (Å²) in [5, 5.41) is 3.33. The Balaban J connectivity index is 2.70. The van der Waals surface area contributed by atoms with Crippen molar-refractivity contribution in [3.8, 4) is 0 Å². The molecule has 1 atom stereocenters. The van der Waals surface area contributed by atoms with Gasteiger partial charge in [-0.1, -0.05) is 13.8 Å². The summed E-state index contributed by atoms with van der Waals surface area (Å²) in [5.41, 5.74) is 5.41. The van der Waals surface area contributed by atoms with Gasteiger partial charge in [-0.15, -0.1) is 0 Å². The minimum Gasteiger partial charge on any atom is -0.368 e. The lowest BCUT2D eigenvalue weighted by atomic mass is 9.82. The van der Waals surface area contributed by atoms with Crippen LogP contribution in [0.2, 0.25) is 0 Å². The lowest BCUT2D eigenvalue weighted by molar-refractivity contribution is -0.124. The van der Waals surface area contributed by atoms with Crippen LogP contribution in [0.15, 0.2) is 0 Å². The lowest BCUT2D eigenvalue weighted by Crippen LogP contribution is -2.61. The summed E-state index contributed by atoms with van der Waals surface area (Å²) in [5.74, 6) is -0.258. The molecule has 1 amide bonds. The quantitative estimate of drug-likeness (QED) is 0.740. The molecule has 1 rings (SSSR count). The maximum absolute atomic E-state index is 11.8. The molecule has 0 bridgehead atoms. The number of carbonyl (C=O) groups excluding carboxylic acids is 1. The van der Waals surface area contributed by atoms with Crippen LogP contribution in [-0.4, -0.2) is 42.0 Å². The Morgan fingerprint density at radius 3 is 2.37 bits per heavy atom. The van der Waals surface area contributed by atoms with E-state index in [0.29, 0.717) is 12.0 Å². The van der Waals surface area contributed by atoms with E-state index >= 15 is 0 Å². The summed E-state index contributed by atoms with van der Waals surface area (Å²) in [6, 6.07) is 0.252. The Kier molecular flexibility index (Phi) is 5.39. The van der Waals surface area contributed by atoms with Gasteiger partial charge in [0.15, 0.2) is 0 Å². The van der Waals surface area contributed by atoms with Crippen LogP contribution >= 0.6 is 0 Å². The van der Waals surface area contributed by atoms with Gasteiger partial charge in [0.25, 0.3) is 0 Å². The summed E-state index contributed by atoms with van der Waals surface area (Å²) in [4.78, 5) is 14.2. The van der Waals surface area contributed by atoms with Crippen molar-refractivity contribution < 1.29 is 4.79 Å². The standard InChI is InChI=1S/C15H31N3O/c1-6-15(7-2)8-9-18(11-15)10-14(5,13(16)19)17-12(3)4/h12,17H,6-11H2,1-5H3,(H2,16,19). The molecule has 0 aliphatic carbocycles. The van der Waals surface area contributed by atoms with Crippen molar-refractivity contribution in [1.29, 1.82) is 0 Å². The van der Waals surface area contributed by atoms with E-state index in [9.17, 15) is 4.79 Å². The predicted molar refractivity (Wildman–Crippen MR) is 79.9 cm³/mol. The largest absolute Gasteiger partial charge is 0.368 e. The van der Waals surface area contributed by atoms with Crippen molar-refractivity contribution in [1.82, 2.24) is 10.2 Å². The molecular formula is C15H31N3O. The normalized spacial score (nSPS) is 22.6. The number of hydrogen-bond acceptors (Lipinski definition) is 3. The SMILES string of the molecule is CCC1(CC)CCN(CC(C)(NC(C)C)C(N)=O)C1. The van der Waals surface area contributed by atoms with Gasteiger partial charge in [-0.05, 0) is 52.0 Å². The number of carbonyl (C=O) groups is 1. The molecule has 0 aromatic rings. The molecular weight excluding hydrogens is 238 g/mol. The monoisotopic (exact) mass is 269 g/mol. The van der Waals surface area contributed by atoms with Gasteiger partial charge in [0.2, 0.25) is 5.91 Å². The Labute approximate surface area is 118 Å². The topological polar surface area (TPSA) is 58.4 Å². The fourth-order valence-corrected chi connectivity index (χ4v) is 3.27. The predicted octanol–water partition coefficient (Wildman–Crippen LogP) is 1.74. The van der Waals surface area contributed by atoms with Crippen LogP contribution in [-0.2, 0) is 4.79 Å². The first-order chi connectivity index (χ1) is 8.77. The van der Waals surface area contributed by atoms with E-state index in [2.05, 4.69) is 24.1 Å². The average molecular weight is 269 g/mol. The van der Waals surface area contributed by atoms with Gasteiger partial charge in [-0.25, -0.2) is 0 Å². The molecule has 0 spiro atoms. The number of rotatable bonds is 7. The number of amides is 1. The minimum atomic E-state index is -0.633. The van der Waals surface area contributed by atoms with Gasteiger partial charge in [0.1, 0.15) is 5.54 Å². The molecule has 1 heterocycles. The molecule has 1 unspecified atom stereocenters. The summed E-state index contributed by atoms with van der Waals surface area (Å²) >= 11 is 0. The van der Waals surface area contributed by atoms with Crippen LogP contribution in [0.4, 0.5) is 0 Å². The summed E-state index contributed by atoms with van der Waals surface area (Å²) in [6.45, 7) is 13.4. The highest BCUT2D eigenvalue weighted by molar-refractivity contribution is 5.84. The second-order valence-electron chi connectivity index (χ2n) is 6.66. The highest BCUT2D eigenvalue weighted by atomic mass is 16.1. The van der Waals surface area contributed by atoms with Crippen LogP contribution < -0.4 is 11.1 Å². The third-order valence-corrected chi connectivity index (χ3v) is 4.71. The van der Waals surface area contributed by atoms with Crippen molar-refractivity contribution >= 4 is 5.91 Å². The first-order valence-electron chi connectivity index (χ1n) is 7.57. The van der Waals surface area contributed by atoms with Gasteiger partial charge in [0.05, 0.1) is 0 Å². The number of hydrogen-bond donors (Lipinski definition) is 2. The third kappa shape index (κ3) is 3.93. The highest BCUT2D eigenvalue weighted by Crippen LogP contribution is 2.37. The average Bonchev–Trinajstić information content (AvgIpc) is 2.71. The molecule has 1 aliphatic rings. The Morgan fingerprint density at radius 1 is 1.42 bits per heavy atom. The van der Waals surface area contributed by atoms with E-state index in [1.807, 2.05) is 20.8 Å². The van der Waals surface area contributed by atoms with Crippen molar-refractivity contribution in [2.75, 3.05) is 19.6 Å². The molecule has 0 aromatic carbocycles. The van der Waals surface area contributed by atoms with E-state index < -0.39 is 5.54 Å². The van der Waals surface area contributed by atoms with Crippen LogP contribution in [0.5, 0.6) is 0 Å². The van der Waals surface area contributed by atoms with Crippen LogP contribution in [0, 0.1) is 5.41 Å². The molecule has 0 aromatic heterocycles. The fraction of sp³-hybridized carbons (Fsp3) is 0.933. The summed E-state index contributed by atoms with van der Waals surface area (Å²) in [6.07, 6.45) is 3.66. The van der Waals surface area contributed by atoms with Crippen LogP contribution in [0.25, 0.3) is 0 Å². The second kappa shape index (κ2) is 6.23. The Morgan fingerprint density at radius 2 is 2.00 bits per heavy atom. The van der Waals surface area contributed by atoms with E-state index in [0.717, 1.165) is 13.1 Å². The van der Waals surface area contributed by atoms with Crippen LogP contribution in [0.3, 0.4) is 0 Å². The number of likely N-dealkylation sites (tertiary alicyclic amines) is 1. The first kappa shape index (κ1) is 16.4. The maximum Gasteiger partial charge on any atom is 0.238 e. The van der Waals surface area contributed by atoms with E-state index in [1.54, 1.807) is 0 Å². The fourth-order valence-electron chi connectivity index (χ4n) is 3.27. The number of nitrogens with one attached hydrogen (secondary N) is 1. The second-order valence-corrected chi connectivity index (χ2v) is 6.66. The zero-order valence-corrected chi connectivity index (χ0v) is 13.3. The first-order valence-corrected chi connectivity index (χ1v) is 7.57. The zero-order valence-electron chi connectivity index (χ0n) is 13.3. The summed E-state index contributed by atoms with van der Waals surface area (Å²) in [7, 11) is 0. The maximum atomic E-state index is 11.8. The summed E-state index contributed by atoms with van der Waals surface area (Å²) < 4.78 is 0. The van der Waals surface area contributed by atoms with Crippen molar-refractivity contribution in [3.05, 3.63) is 0 Å². The molecule has 112 valence electrons. The molecule has 4 heteroatoms. The minimum absolute atomic E-state index is 0.252. The molecule has 1 aliphatic heterocycles. The van der Waals surface area contributed by atoms with Crippen molar-refractivity contribution in [3.63, 3.8) is 0 Å². The molecule has 19 heavy (non-hydrogen) atoms. The molecule has 0 radical (unpaired) electrons. The smallest absolute Gasteiger partial charge is 0.238 e. The molecule has 0 saturated carbocycles. The van der Waals surface area contributed by atoms with E-state index in [1.165, 1.54) is 19.3 Å². The Hall–Kier alpha value is -0.610. The Bertz CT molecular complexity index is 313. The molecule has 3 N–H and O–H groups in total. The number of nitrogens with zero attached hydrogens (tertiary/aromatic N) is 1. The highest BCUT2D eigenvalue weighted by Gasteiger charge is 2.40. The van der Waals surface area contributed by atoms with E-state index in [-0.39, 0.29) is 11.9 Å². The molecule has 1 fully saturated rings. The van der Waals surface area contributed by atoms with Gasteiger partial charge in [-0.2, -0.15) is 0 Å². The molecule has 4 nitrogen and oxygen atoms in total. The van der Waals surface area contributed by atoms with Gasteiger partial charge in [0, 0.05) is 19.1 Å². The van der Waals surface area contributed by atoms with Crippen molar-refractivity contribution in [2.45, 2.75) is 65.5 Å². The van der Waals surface area contributed by atoms with Gasteiger partial charge >= 0.3 is 0 Å². The van der Waals surface area contributed by atoms with Gasteiger partial charge in [-0.3, -0.25) is 4.79 Å². The van der Waals surface area contributed by atoms with E-state index in [4.69, 9.17) is 5.73 Å². The number of primary amides is 1. The zero-order chi connectivity index (χ0) is 14.7. The molecule has 1 saturated heterocycles. The van der Waals surface area contributed by atoms with Crippen LogP contribution in [0.1, 0.15) is 53.9 Å². The third-order valence-electron chi connectivity index (χ3n) is 4.71. The van der Waals surface area contributed by atoms with Crippen molar-refractivity contribution in [2.24, 2.45) is 11.1 Å². The lowest BCUT2D eigenvalue weighted by Gasteiger charge is -2.35. The number of nitrogens with two attached hydrogens (primary N) is 1.